The lowest BCUT2D eigenvalue weighted by molar-refractivity contribution is -0.136. The first kappa shape index (κ1) is 22.7. The van der Waals surface area contributed by atoms with Gasteiger partial charge in [-0.05, 0) is 44.3 Å². The fourth-order valence-corrected chi connectivity index (χ4v) is 2.65. The van der Waals surface area contributed by atoms with Crippen molar-refractivity contribution < 1.29 is 19.1 Å². The van der Waals surface area contributed by atoms with Crippen LogP contribution in [0.25, 0.3) is 0 Å². The Balaban J connectivity index is 1.85. The highest BCUT2D eigenvalue weighted by molar-refractivity contribution is 6.39. The van der Waals surface area contributed by atoms with Crippen LogP contribution in [0.2, 0.25) is 5.02 Å². The molecule has 0 bridgehead atoms. The van der Waals surface area contributed by atoms with Gasteiger partial charge < -0.3 is 25.0 Å². The molecule has 156 valence electrons. The van der Waals surface area contributed by atoms with Crippen LogP contribution in [0.4, 0.5) is 5.69 Å². The largest absolute Gasteiger partial charge is 0.454 e. The van der Waals surface area contributed by atoms with E-state index in [-0.39, 0.29) is 0 Å². The molecule has 0 aliphatic heterocycles. The van der Waals surface area contributed by atoms with Crippen LogP contribution < -0.4 is 15.4 Å². The number of amides is 2. The number of ether oxygens (including phenoxy) is 2. The van der Waals surface area contributed by atoms with Crippen LogP contribution in [0.3, 0.4) is 0 Å². The maximum Gasteiger partial charge on any atom is 0.313 e. The fourth-order valence-electron chi connectivity index (χ4n) is 2.47. The lowest BCUT2D eigenvalue weighted by Gasteiger charge is -2.16. The molecule has 0 saturated carbocycles. The predicted octanol–water partition coefficient (Wildman–Crippen LogP) is 3.16. The number of hydrogen-bond donors (Lipinski definition) is 2. The monoisotopic (exact) mass is 419 g/mol. The Morgan fingerprint density at radius 1 is 1.00 bits per heavy atom. The molecule has 29 heavy (non-hydrogen) atoms. The zero-order valence-corrected chi connectivity index (χ0v) is 17.4. The predicted molar refractivity (Wildman–Crippen MR) is 114 cm³/mol. The lowest BCUT2D eigenvalue weighted by atomic mass is 10.2. The highest BCUT2D eigenvalue weighted by atomic mass is 35.5. The van der Waals surface area contributed by atoms with Crippen LogP contribution in [-0.2, 0) is 14.3 Å². The first-order chi connectivity index (χ1) is 14.0. The van der Waals surface area contributed by atoms with Crippen molar-refractivity contribution in [3.05, 3.63) is 53.6 Å². The van der Waals surface area contributed by atoms with Gasteiger partial charge in [-0.1, -0.05) is 35.9 Å². The normalized spacial score (nSPS) is 10.6. The molecule has 2 aromatic carbocycles. The van der Waals surface area contributed by atoms with Gasteiger partial charge in [0, 0.05) is 20.2 Å². The Morgan fingerprint density at radius 2 is 1.69 bits per heavy atom. The van der Waals surface area contributed by atoms with Crippen LogP contribution in [0.1, 0.15) is 6.42 Å². The third kappa shape index (κ3) is 7.73. The lowest BCUT2D eigenvalue weighted by Crippen LogP contribution is -2.37. The second-order valence-electron chi connectivity index (χ2n) is 6.39. The Labute approximate surface area is 175 Å². The molecule has 0 fully saturated rings. The first-order valence-corrected chi connectivity index (χ1v) is 9.67. The zero-order valence-electron chi connectivity index (χ0n) is 16.6. The molecule has 0 heterocycles. The SMILES string of the molecule is COCCN(C)CCCNC(=O)C(=O)Nc1ccccc1Oc1ccccc1Cl. The summed E-state index contributed by atoms with van der Waals surface area (Å²) < 4.78 is 10.8. The zero-order chi connectivity index (χ0) is 21.1. The Bertz CT molecular complexity index is 816. The number of anilines is 1. The summed E-state index contributed by atoms with van der Waals surface area (Å²) in [4.78, 5) is 26.4. The number of benzene rings is 2. The van der Waals surface area contributed by atoms with Crippen molar-refractivity contribution in [3.8, 4) is 11.5 Å². The number of carbonyl (C=O) groups is 2. The van der Waals surface area contributed by atoms with Gasteiger partial charge in [-0.3, -0.25) is 9.59 Å². The molecule has 0 aromatic heterocycles. The van der Waals surface area contributed by atoms with Crippen molar-refractivity contribution in [1.82, 2.24) is 10.2 Å². The molecule has 2 N–H and O–H groups in total. The minimum Gasteiger partial charge on any atom is -0.454 e. The molecule has 0 aliphatic rings. The average molecular weight is 420 g/mol. The number of nitrogens with zero attached hydrogens (tertiary/aromatic N) is 1. The molecule has 2 rings (SSSR count). The van der Waals surface area contributed by atoms with Crippen molar-refractivity contribution in [2.75, 3.05) is 45.7 Å². The number of rotatable bonds is 10. The van der Waals surface area contributed by atoms with E-state index in [0.29, 0.717) is 35.4 Å². The van der Waals surface area contributed by atoms with Crippen molar-refractivity contribution in [3.63, 3.8) is 0 Å². The van der Waals surface area contributed by atoms with Gasteiger partial charge in [0.2, 0.25) is 0 Å². The van der Waals surface area contributed by atoms with Gasteiger partial charge in [0.05, 0.1) is 17.3 Å². The van der Waals surface area contributed by atoms with Crippen LogP contribution in [0.15, 0.2) is 48.5 Å². The number of para-hydroxylation sites is 3. The Hall–Kier alpha value is -2.61. The number of hydrogen-bond acceptors (Lipinski definition) is 5. The van der Waals surface area contributed by atoms with E-state index in [2.05, 4.69) is 15.5 Å². The number of nitrogens with one attached hydrogen (secondary N) is 2. The summed E-state index contributed by atoms with van der Waals surface area (Å²) in [6.45, 7) is 2.66. The van der Waals surface area contributed by atoms with Gasteiger partial charge in [0.15, 0.2) is 5.75 Å². The van der Waals surface area contributed by atoms with Crippen LogP contribution >= 0.6 is 11.6 Å². The molecule has 0 spiro atoms. The third-order valence-electron chi connectivity index (χ3n) is 4.08. The van der Waals surface area contributed by atoms with Gasteiger partial charge in [0.1, 0.15) is 5.75 Å². The van der Waals surface area contributed by atoms with E-state index >= 15 is 0 Å². The first-order valence-electron chi connectivity index (χ1n) is 9.29. The number of likely N-dealkylation sites (N-methyl/N-ethyl adjacent to an activating group) is 1. The number of methoxy groups -OCH3 is 1. The molecule has 8 heteroatoms. The van der Waals surface area contributed by atoms with Crippen molar-refractivity contribution in [2.24, 2.45) is 0 Å². The maximum absolute atomic E-state index is 12.2. The van der Waals surface area contributed by atoms with E-state index in [1.807, 2.05) is 7.05 Å². The topological polar surface area (TPSA) is 79.9 Å². The Kier molecular flexibility index (Phi) is 9.43. The molecule has 2 aromatic rings. The maximum atomic E-state index is 12.2. The summed E-state index contributed by atoms with van der Waals surface area (Å²) in [5.74, 6) is -0.607. The van der Waals surface area contributed by atoms with Crippen molar-refractivity contribution in [1.29, 1.82) is 0 Å². The van der Waals surface area contributed by atoms with E-state index in [0.717, 1.165) is 19.5 Å². The van der Waals surface area contributed by atoms with Crippen molar-refractivity contribution in [2.45, 2.75) is 6.42 Å². The summed E-state index contributed by atoms with van der Waals surface area (Å²) in [5, 5.41) is 5.65. The average Bonchev–Trinajstić information content (AvgIpc) is 2.72. The fraction of sp³-hybridized carbons (Fsp3) is 0.333. The minimum absolute atomic E-state index is 0.381. The quantitative estimate of drug-likeness (QED) is 0.456. The summed E-state index contributed by atoms with van der Waals surface area (Å²) in [7, 11) is 3.63. The van der Waals surface area contributed by atoms with E-state index < -0.39 is 11.8 Å². The molecular weight excluding hydrogens is 394 g/mol. The van der Waals surface area contributed by atoms with Crippen LogP contribution in [0, 0.1) is 0 Å². The molecule has 0 unspecified atom stereocenters. The summed E-state index contributed by atoms with van der Waals surface area (Å²) in [5.41, 5.74) is 0.381. The second-order valence-corrected chi connectivity index (χ2v) is 6.80. The van der Waals surface area contributed by atoms with Crippen LogP contribution in [0.5, 0.6) is 11.5 Å². The molecule has 0 atom stereocenters. The smallest absolute Gasteiger partial charge is 0.313 e. The molecule has 0 aliphatic carbocycles. The van der Waals surface area contributed by atoms with Gasteiger partial charge in [0.25, 0.3) is 0 Å². The van der Waals surface area contributed by atoms with Gasteiger partial charge >= 0.3 is 11.8 Å². The van der Waals surface area contributed by atoms with Gasteiger partial charge in [-0.25, -0.2) is 0 Å². The Morgan fingerprint density at radius 3 is 2.41 bits per heavy atom. The summed E-state index contributed by atoms with van der Waals surface area (Å²) in [6.07, 6.45) is 0.728. The van der Waals surface area contributed by atoms with Gasteiger partial charge in [-0.15, -0.1) is 0 Å². The summed E-state index contributed by atoms with van der Waals surface area (Å²) in [6, 6.07) is 13.9. The molecule has 7 nitrogen and oxygen atoms in total. The van der Waals surface area contributed by atoms with Gasteiger partial charge in [-0.2, -0.15) is 0 Å². The van der Waals surface area contributed by atoms with Crippen LogP contribution in [-0.4, -0.2) is 57.1 Å². The molecule has 0 radical (unpaired) electrons. The number of halogens is 1. The van der Waals surface area contributed by atoms with E-state index in [1.165, 1.54) is 0 Å². The highest BCUT2D eigenvalue weighted by Gasteiger charge is 2.16. The van der Waals surface area contributed by atoms with E-state index in [9.17, 15) is 9.59 Å². The molecule has 0 saturated heterocycles. The minimum atomic E-state index is -0.757. The van der Waals surface area contributed by atoms with E-state index in [1.54, 1.807) is 55.6 Å². The molecular formula is C21H26ClN3O4. The highest BCUT2D eigenvalue weighted by Crippen LogP contribution is 2.33. The standard InChI is InChI=1S/C21H26ClN3O4/c1-25(14-15-28-2)13-7-12-23-20(26)21(27)24-17-9-4-6-11-19(17)29-18-10-5-3-8-16(18)22/h3-6,8-11H,7,12-15H2,1-2H3,(H,23,26)(H,24,27). The second kappa shape index (κ2) is 12.1. The number of carbonyl (C=O) groups excluding carboxylic acids is 2. The van der Waals surface area contributed by atoms with E-state index in [4.69, 9.17) is 21.1 Å². The molecule has 2 amide bonds. The van der Waals surface area contributed by atoms with Crippen molar-refractivity contribution >= 4 is 29.1 Å². The summed E-state index contributed by atoms with van der Waals surface area (Å²) >= 11 is 6.12. The third-order valence-corrected chi connectivity index (χ3v) is 4.39.